The van der Waals surface area contributed by atoms with Gasteiger partial charge in [-0.2, -0.15) is 5.26 Å². The summed E-state index contributed by atoms with van der Waals surface area (Å²) in [5.41, 5.74) is 0. The lowest BCUT2D eigenvalue weighted by molar-refractivity contribution is -0.136. The zero-order chi connectivity index (χ0) is 12.8. The van der Waals surface area contributed by atoms with Crippen molar-refractivity contribution in [3.8, 4) is 6.07 Å². The first kappa shape index (κ1) is 13.3. The summed E-state index contributed by atoms with van der Waals surface area (Å²) in [7, 11) is 1.65. The van der Waals surface area contributed by atoms with Crippen LogP contribution in [0.25, 0.3) is 0 Å². The van der Waals surface area contributed by atoms with Crippen LogP contribution in [0.4, 0.5) is 0 Å². The third-order valence-electron chi connectivity index (χ3n) is 3.00. The van der Waals surface area contributed by atoms with E-state index in [-0.39, 0.29) is 11.8 Å². The Bertz CT molecular complexity index is 388. The molecule has 0 spiro atoms. The van der Waals surface area contributed by atoms with E-state index in [9.17, 15) is 4.79 Å². The first-order chi connectivity index (χ1) is 8.15. The van der Waals surface area contributed by atoms with E-state index in [1.165, 1.54) is 11.2 Å². The molecular formula is C13H18N2O2. The molecule has 0 N–H and O–H groups in total. The Labute approximate surface area is 102 Å². The predicted octanol–water partition coefficient (Wildman–Crippen LogP) is 2.74. The number of furan rings is 1. The van der Waals surface area contributed by atoms with Gasteiger partial charge in [-0.15, -0.1) is 0 Å². The zero-order valence-electron chi connectivity index (χ0n) is 10.5. The van der Waals surface area contributed by atoms with Crippen molar-refractivity contribution in [2.75, 3.05) is 7.05 Å². The van der Waals surface area contributed by atoms with Gasteiger partial charge in [0.25, 0.3) is 0 Å². The molecule has 0 aliphatic carbocycles. The van der Waals surface area contributed by atoms with Crippen molar-refractivity contribution >= 4 is 5.91 Å². The second-order valence-electron chi connectivity index (χ2n) is 4.01. The minimum atomic E-state index is -0.641. The highest BCUT2D eigenvalue weighted by Crippen LogP contribution is 2.22. The van der Waals surface area contributed by atoms with Crippen LogP contribution in [0.5, 0.6) is 0 Å². The SMILES string of the molecule is CCC(CC)C(=O)N(C)C(C#N)c1ccco1. The molecule has 1 rings (SSSR count). The predicted molar refractivity (Wildman–Crippen MR) is 63.9 cm³/mol. The van der Waals surface area contributed by atoms with Crippen molar-refractivity contribution in [3.63, 3.8) is 0 Å². The lowest BCUT2D eigenvalue weighted by atomic mass is 10.0. The summed E-state index contributed by atoms with van der Waals surface area (Å²) < 4.78 is 5.19. The summed E-state index contributed by atoms with van der Waals surface area (Å²) in [4.78, 5) is 13.6. The van der Waals surface area contributed by atoms with Gasteiger partial charge in [-0.1, -0.05) is 13.8 Å². The molecule has 1 heterocycles. The van der Waals surface area contributed by atoms with E-state index in [2.05, 4.69) is 6.07 Å². The number of hydrogen-bond acceptors (Lipinski definition) is 3. The highest BCUT2D eigenvalue weighted by molar-refractivity contribution is 5.79. The molecule has 17 heavy (non-hydrogen) atoms. The summed E-state index contributed by atoms with van der Waals surface area (Å²) >= 11 is 0. The topological polar surface area (TPSA) is 57.2 Å². The third-order valence-corrected chi connectivity index (χ3v) is 3.00. The van der Waals surface area contributed by atoms with Gasteiger partial charge in [0.05, 0.1) is 12.3 Å². The monoisotopic (exact) mass is 234 g/mol. The fourth-order valence-corrected chi connectivity index (χ4v) is 1.84. The Balaban J connectivity index is 2.84. The Morgan fingerprint density at radius 1 is 1.53 bits per heavy atom. The number of nitrogens with zero attached hydrogens (tertiary/aromatic N) is 2. The lowest BCUT2D eigenvalue weighted by Gasteiger charge is -2.25. The van der Waals surface area contributed by atoms with Crippen LogP contribution in [0.3, 0.4) is 0 Å². The van der Waals surface area contributed by atoms with Crippen molar-refractivity contribution in [3.05, 3.63) is 24.2 Å². The van der Waals surface area contributed by atoms with Crippen LogP contribution >= 0.6 is 0 Å². The molecule has 0 radical (unpaired) electrons. The smallest absolute Gasteiger partial charge is 0.226 e. The van der Waals surface area contributed by atoms with E-state index in [4.69, 9.17) is 9.68 Å². The quantitative estimate of drug-likeness (QED) is 0.787. The molecule has 0 aromatic carbocycles. The molecule has 92 valence electrons. The highest BCUT2D eigenvalue weighted by atomic mass is 16.3. The van der Waals surface area contributed by atoms with Gasteiger partial charge in [0.1, 0.15) is 5.76 Å². The van der Waals surface area contributed by atoms with E-state index in [1.807, 2.05) is 13.8 Å². The van der Waals surface area contributed by atoms with Crippen LogP contribution in [-0.2, 0) is 4.79 Å². The summed E-state index contributed by atoms with van der Waals surface area (Å²) in [5.74, 6) is 0.484. The van der Waals surface area contributed by atoms with E-state index >= 15 is 0 Å². The number of carbonyl (C=O) groups is 1. The van der Waals surface area contributed by atoms with Gasteiger partial charge >= 0.3 is 0 Å². The standard InChI is InChI=1S/C13H18N2O2/c1-4-10(5-2)13(16)15(3)11(9-14)12-7-6-8-17-12/h6-8,10-11H,4-5H2,1-3H3. The van der Waals surface area contributed by atoms with E-state index in [0.29, 0.717) is 5.76 Å². The molecule has 0 saturated heterocycles. The fourth-order valence-electron chi connectivity index (χ4n) is 1.84. The van der Waals surface area contributed by atoms with E-state index in [1.54, 1.807) is 19.2 Å². The van der Waals surface area contributed by atoms with Gasteiger partial charge in [-0.25, -0.2) is 0 Å². The summed E-state index contributed by atoms with van der Waals surface area (Å²) in [6, 6.07) is 4.89. The van der Waals surface area contributed by atoms with Gasteiger partial charge in [0.15, 0.2) is 6.04 Å². The van der Waals surface area contributed by atoms with Gasteiger partial charge < -0.3 is 9.32 Å². The summed E-state index contributed by atoms with van der Waals surface area (Å²) in [6.07, 6.45) is 3.08. The molecule has 1 amide bonds. The van der Waals surface area contributed by atoms with Crippen LogP contribution in [-0.4, -0.2) is 17.9 Å². The number of hydrogen-bond donors (Lipinski definition) is 0. The number of carbonyl (C=O) groups excluding carboxylic acids is 1. The molecule has 0 saturated carbocycles. The average molecular weight is 234 g/mol. The van der Waals surface area contributed by atoms with Crippen molar-refractivity contribution in [1.82, 2.24) is 4.90 Å². The maximum Gasteiger partial charge on any atom is 0.226 e. The molecule has 1 aromatic heterocycles. The molecule has 4 heteroatoms. The minimum absolute atomic E-state index is 0.00190. The Morgan fingerprint density at radius 3 is 2.59 bits per heavy atom. The highest BCUT2D eigenvalue weighted by Gasteiger charge is 2.27. The first-order valence-corrected chi connectivity index (χ1v) is 5.85. The Morgan fingerprint density at radius 2 is 2.18 bits per heavy atom. The van der Waals surface area contributed by atoms with Crippen molar-refractivity contribution in [2.45, 2.75) is 32.7 Å². The van der Waals surface area contributed by atoms with Crippen LogP contribution in [0.2, 0.25) is 0 Å². The van der Waals surface area contributed by atoms with Gasteiger partial charge in [0, 0.05) is 13.0 Å². The number of nitriles is 1. The molecule has 1 unspecified atom stereocenters. The third kappa shape index (κ3) is 2.88. The molecule has 1 aromatic rings. The van der Waals surface area contributed by atoms with Crippen LogP contribution in [0.15, 0.2) is 22.8 Å². The second-order valence-corrected chi connectivity index (χ2v) is 4.01. The molecule has 0 fully saturated rings. The largest absolute Gasteiger partial charge is 0.466 e. The van der Waals surface area contributed by atoms with Crippen LogP contribution in [0.1, 0.15) is 38.5 Å². The average Bonchev–Trinajstić information content (AvgIpc) is 2.85. The van der Waals surface area contributed by atoms with Gasteiger partial charge in [-0.05, 0) is 25.0 Å². The molecule has 1 atom stereocenters. The zero-order valence-corrected chi connectivity index (χ0v) is 10.5. The molecule has 4 nitrogen and oxygen atoms in total. The van der Waals surface area contributed by atoms with Crippen LogP contribution in [0, 0.1) is 17.2 Å². The molecule has 0 aliphatic rings. The molecule has 0 bridgehead atoms. The lowest BCUT2D eigenvalue weighted by Crippen LogP contribution is -2.35. The number of amides is 1. The van der Waals surface area contributed by atoms with E-state index in [0.717, 1.165) is 12.8 Å². The van der Waals surface area contributed by atoms with Crippen molar-refractivity contribution in [1.29, 1.82) is 5.26 Å². The van der Waals surface area contributed by atoms with Gasteiger partial charge in [-0.3, -0.25) is 4.79 Å². The maximum atomic E-state index is 12.1. The number of rotatable bonds is 5. The summed E-state index contributed by atoms with van der Waals surface area (Å²) in [6.45, 7) is 3.96. The van der Waals surface area contributed by atoms with Crippen LogP contribution < -0.4 is 0 Å². The van der Waals surface area contributed by atoms with Crippen molar-refractivity contribution < 1.29 is 9.21 Å². The molecule has 0 aliphatic heterocycles. The van der Waals surface area contributed by atoms with Gasteiger partial charge in [0.2, 0.25) is 5.91 Å². The molecular weight excluding hydrogens is 216 g/mol. The Hall–Kier alpha value is -1.76. The minimum Gasteiger partial charge on any atom is -0.466 e. The summed E-state index contributed by atoms with van der Waals surface area (Å²) in [5, 5.41) is 9.14. The van der Waals surface area contributed by atoms with Crippen molar-refractivity contribution in [2.24, 2.45) is 5.92 Å². The first-order valence-electron chi connectivity index (χ1n) is 5.85. The second kappa shape index (κ2) is 6.09. The Kier molecular flexibility index (Phi) is 4.77. The fraction of sp³-hybridized carbons (Fsp3) is 0.538. The maximum absolute atomic E-state index is 12.1. The normalized spacial score (nSPS) is 12.2. The van der Waals surface area contributed by atoms with E-state index < -0.39 is 6.04 Å².